The Kier molecular flexibility index (Phi) is 4.85. The lowest BCUT2D eigenvalue weighted by Crippen LogP contribution is -2.11. The minimum atomic E-state index is 0.665. The van der Waals surface area contributed by atoms with Gasteiger partial charge in [-0.15, -0.1) is 0 Å². The van der Waals surface area contributed by atoms with E-state index in [0.717, 1.165) is 24.4 Å². The highest BCUT2D eigenvalue weighted by molar-refractivity contribution is 5.44. The van der Waals surface area contributed by atoms with E-state index in [1.807, 2.05) is 12.1 Å². The van der Waals surface area contributed by atoms with Crippen LogP contribution in [0.4, 0.5) is 5.69 Å². The van der Waals surface area contributed by atoms with Crippen molar-refractivity contribution in [3.05, 3.63) is 59.7 Å². The molecule has 0 saturated heterocycles. The number of benzene rings is 2. The average molecular weight is 255 g/mol. The molecule has 0 saturated carbocycles. The van der Waals surface area contributed by atoms with Crippen LogP contribution in [0.25, 0.3) is 0 Å². The summed E-state index contributed by atoms with van der Waals surface area (Å²) in [5.41, 5.74) is 3.76. The van der Waals surface area contributed by atoms with E-state index < -0.39 is 0 Å². The molecule has 0 aliphatic rings. The predicted molar refractivity (Wildman–Crippen MR) is 81.0 cm³/mol. The molecule has 0 aliphatic carbocycles. The molecule has 100 valence electrons. The normalized spacial score (nSPS) is 10.2. The molecule has 1 N–H and O–H groups in total. The van der Waals surface area contributed by atoms with E-state index in [1.54, 1.807) is 0 Å². The summed E-state index contributed by atoms with van der Waals surface area (Å²) in [5.74, 6) is 0.925. The van der Waals surface area contributed by atoms with E-state index in [1.165, 1.54) is 11.1 Å². The second kappa shape index (κ2) is 6.83. The van der Waals surface area contributed by atoms with Gasteiger partial charge in [-0.25, -0.2) is 0 Å². The van der Waals surface area contributed by atoms with Gasteiger partial charge in [-0.05, 0) is 43.2 Å². The second-order valence-electron chi connectivity index (χ2n) is 4.64. The molecule has 0 bridgehead atoms. The van der Waals surface area contributed by atoms with Crippen LogP contribution in [-0.4, -0.2) is 13.2 Å². The Morgan fingerprint density at radius 1 is 0.947 bits per heavy atom. The fraction of sp³-hybridized carbons (Fsp3) is 0.294. The fourth-order valence-electron chi connectivity index (χ4n) is 1.86. The summed E-state index contributed by atoms with van der Waals surface area (Å²) >= 11 is 0. The Balaban J connectivity index is 1.72. The van der Waals surface area contributed by atoms with Crippen LogP contribution in [0.2, 0.25) is 0 Å². The summed E-state index contributed by atoms with van der Waals surface area (Å²) in [6.45, 7) is 5.71. The molecular formula is C17H21NO. The van der Waals surface area contributed by atoms with Crippen LogP contribution in [-0.2, 0) is 6.42 Å². The maximum Gasteiger partial charge on any atom is 0.119 e. The van der Waals surface area contributed by atoms with Crippen molar-refractivity contribution in [3.63, 3.8) is 0 Å². The van der Waals surface area contributed by atoms with Gasteiger partial charge < -0.3 is 10.1 Å². The number of aryl methyl sites for hydroxylation is 2. The van der Waals surface area contributed by atoms with Crippen LogP contribution in [0.1, 0.15) is 18.1 Å². The molecule has 2 nitrogen and oxygen atoms in total. The number of anilines is 1. The lowest BCUT2D eigenvalue weighted by Gasteiger charge is -2.09. The van der Waals surface area contributed by atoms with E-state index in [-0.39, 0.29) is 0 Å². The first-order valence-electron chi connectivity index (χ1n) is 6.80. The number of ether oxygens (including phenoxy) is 1. The van der Waals surface area contributed by atoms with Crippen molar-refractivity contribution in [1.29, 1.82) is 0 Å². The topological polar surface area (TPSA) is 21.3 Å². The summed E-state index contributed by atoms with van der Waals surface area (Å²) < 4.78 is 5.67. The summed E-state index contributed by atoms with van der Waals surface area (Å²) in [7, 11) is 0. The molecule has 0 fully saturated rings. The van der Waals surface area contributed by atoms with E-state index in [2.05, 4.69) is 55.6 Å². The van der Waals surface area contributed by atoms with Crippen LogP contribution in [0.15, 0.2) is 48.5 Å². The van der Waals surface area contributed by atoms with E-state index >= 15 is 0 Å². The highest BCUT2D eigenvalue weighted by Gasteiger charge is 1.95. The smallest absolute Gasteiger partial charge is 0.119 e. The fourth-order valence-corrected chi connectivity index (χ4v) is 1.86. The largest absolute Gasteiger partial charge is 0.492 e. The number of hydrogen-bond acceptors (Lipinski definition) is 2. The van der Waals surface area contributed by atoms with Gasteiger partial charge in [0.2, 0.25) is 0 Å². The first kappa shape index (κ1) is 13.5. The first-order chi connectivity index (χ1) is 9.28. The number of nitrogens with one attached hydrogen (secondary N) is 1. The molecule has 0 aliphatic heterocycles. The summed E-state index contributed by atoms with van der Waals surface area (Å²) in [6.07, 6.45) is 1.08. The van der Waals surface area contributed by atoms with Crippen LogP contribution in [0, 0.1) is 6.92 Å². The number of rotatable bonds is 6. The molecule has 0 unspecified atom stereocenters. The van der Waals surface area contributed by atoms with E-state index in [4.69, 9.17) is 4.74 Å². The second-order valence-corrected chi connectivity index (χ2v) is 4.64. The molecule has 2 heteroatoms. The Labute approximate surface area is 115 Å². The van der Waals surface area contributed by atoms with Crippen LogP contribution in [0.3, 0.4) is 0 Å². The SMILES string of the molecule is CCc1ccc(NCCOc2ccc(C)cc2)cc1. The van der Waals surface area contributed by atoms with Crippen molar-refractivity contribution in [2.24, 2.45) is 0 Å². The highest BCUT2D eigenvalue weighted by atomic mass is 16.5. The van der Waals surface area contributed by atoms with Gasteiger partial charge in [-0.2, -0.15) is 0 Å². The molecule has 0 radical (unpaired) electrons. The molecule has 2 rings (SSSR count). The molecule has 19 heavy (non-hydrogen) atoms. The highest BCUT2D eigenvalue weighted by Crippen LogP contribution is 2.12. The van der Waals surface area contributed by atoms with Gasteiger partial charge in [0.25, 0.3) is 0 Å². The van der Waals surface area contributed by atoms with Gasteiger partial charge in [0.05, 0.1) is 0 Å². The Morgan fingerprint density at radius 2 is 1.63 bits per heavy atom. The van der Waals surface area contributed by atoms with Crippen LogP contribution >= 0.6 is 0 Å². The molecule has 2 aromatic carbocycles. The molecule has 0 spiro atoms. The molecule has 0 heterocycles. The lowest BCUT2D eigenvalue weighted by atomic mass is 10.1. The lowest BCUT2D eigenvalue weighted by molar-refractivity contribution is 0.333. The maximum absolute atomic E-state index is 5.67. The Morgan fingerprint density at radius 3 is 2.26 bits per heavy atom. The van der Waals surface area contributed by atoms with Crippen molar-refractivity contribution in [2.75, 3.05) is 18.5 Å². The standard InChI is InChI=1S/C17H21NO/c1-3-15-6-8-16(9-7-15)18-12-13-19-17-10-4-14(2)5-11-17/h4-11,18H,3,12-13H2,1-2H3. The zero-order chi connectivity index (χ0) is 13.5. The van der Waals surface area contributed by atoms with Gasteiger partial charge in [0, 0.05) is 12.2 Å². The van der Waals surface area contributed by atoms with E-state index in [0.29, 0.717) is 6.61 Å². The minimum Gasteiger partial charge on any atom is -0.492 e. The van der Waals surface area contributed by atoms with Gasteiger partial charge >= 0.3 is 0 Å². The van der Waals surface area contributed by atoms with E-state index in [9.17, 15) is 0 Å². The predicted octanol–water partition coefficient (Wildman–Crippen LogP) is 4.05. The van der Waals surface area contributed by atoms with Crippen molar-refractivity contribution in [1.82, 2.24) is 0 Å². The monoisotopic (exact) mass is 255 g/mol. The summed E-state index contributed by atoms with van der Waals surface area (Å²) in [5, 5.41) is 3.35. The van der Waals surface area contributed by atoms with Crippen molar-refractivity contribution in [2.45, 2.75) is 20.3 Å². The average Bonchev–Trinajstić information content (AvgIpc) is 2.46. The Bertz CT molecular complexity index is 488. The molecular weight excluding hydrogens is 234 g/mol. The first-order valence-corrected chi connectivity index (χ1v) is 6.80. The van der Waals surface area contributed by atoms with Crippen molar-refractivity contribution >= 4 is 5.69 Å². The molecule has 2 aromatic rings. The van der Waals surface area contributed by atoms with Crippen molar-refractivity contribution in [3.8, 4) is 5.75 Å². The zero-order valence-corrected chi connectivity index (χ0v) is 11.6. The zero-order valence-electron chi connectivity index (χ0n) is 11.6. The van der Waals surface area contributed by atoms with Gasteiger partial charge in [-0.3, -0.25) is 0 Å². The summed E-state index contributed by atoms with van der Waals surface area (Å²) in [4.78, 5) is 0. The minimum absolute atomic E-state index is 0.665. The van der Waals surface area contributed by atoms with Crippen molar-refractivity contribution < 1.29 is 4.74 Å². The van der Waals surface area contributed by atoms with Gasteiger partial charge in [-0.1, -0.05) is 36.8 Å². The van der Waals surface area contributed by atoms with Gasteiger partial charge in [0.15, 0.2) is 0 Å². The quantitative estimate of drug-likeness (QED) is 0.786. The molecule has 0 atom stereocenters. The third-order valence-corrected chi connectivity index (χ3v) is 3.08. The molecule has 0 amide bonds. The van der Waals surface area contributed by atoms with Crippen LogP contribution in [0.5, 0.6) is 5.75 Å². The number of hydrogen-bond donors (Lipinski definition) is 1. The third kappa shape index (κ3) is 4.32. The third-order valence-electron chi connectivity index (χ3n) is 3.08. The summed E-state index contributed by atoms with van der Waals surface area (Å²) in [6, 6.07) is 16.7. The van der Waals surface area contributed by atoms with Crippen LogP contribution < -0.4 is 10.1 Å². The Hall–Kier alpha value is -1.96. The maximum atomic E-state index is 5.67. The van der Waals surface area contributed by atoms with Gasteiger partial charge in [0.1, 0.15) is 12.4 Å². The molecule has 0 aromatic heterocycles.